The fourth-order valence-corrected chi connectivity index (χ4v) is 1.49. The van der Waals surface area contributed by atoms with E-state index in [1.54, 1.807) is 11.9 Å². The highest BCUT2D eigenvalue weighted by Crippen LogP contribution is 2.18. The Bertz CT molecular complexity index is 398. The Morgan fingerprint density at radius 3 is 2.69 bits per heavy atom. The molecule has 0 N–H and O–H groups in total. The number of halogens is 2. The van der Waals surface area contributed by atoms with E-state index in [9.17, 15) is 4.79 Å². The van der Waals surface area contributed by atoms with E-state index in [1.165, 1.54) is 6.07 Å². The predicted octanol–water partition coefficient (Wildman–Crippen LogP) is 2.65. The van der Waals surface area contributed by atoms with Crippen molar-refractivity contribution >= 4 is 29.1 Å². The highest BCUT2D eigenvalue weighted by Gasteiger charge is 2.20. The summed E-state index contributed by atoms with van der Waals surface area (Å²) in [6.07, 6.45) is 0.867. The first-order valence-electron chi connectivity index (χ1n) is 4.93. The van der Waals surface area contributed by atoms with Crippen molar-refractivity contribution in [2.75, 3.05) is 7.05 Å². The molecule has 0 fully saturated rings. The average Bonchev–Trinajstić information content (AvgIpc) is 2.29. The molecule has 6 heteroatoms. The number of amides is 1. The molecule has 0 aliphatic carbocycles. The number of rotatable bonds is 3. The third kappa shape index (κ3) is 2.83. The van der Waals surface area contributed by atoms with Crippen LogP contribution in [-0.2, 0) is 0 Å². The summed E-state index contributed by atoms with van der Waals surface area (Å²) in [5.41, 5.74) is 0.282. The second kappa shape index (κ2) is 5.46. The van der Waals surface area contributed by atoms with Crippen LogP contribution in [0, 0.1) is 0 Å². The summed E-state index contributed by atoms with van der Waals surface area (Å²) < 4.78 is 0. The maximum atomic E-state index is 12.0. The molecule has 1 aromatic rings. The molecule has 0 saturated heterocycles. The maximum absolute atomic E-state index is 12.0. The topological polar surface area (TPSA) is 46.1 Å². The summed E-state index contributed by atoms with van der Waals surface area (Å²) in [6, 6.07) is 1.56. The Labute approximate surface area is 105 Å². The Morgan fingerprint density at radius 2 is 2.12 bits per heavy atom. The van der Waals surface area contributed by atoms with E-state index in [4.69, 9.17) is 23.2 Å². The molecule has 0 aliphatic rings. The van der Waals surface area contributed by atoms with Crippen LogP contribution in [0.4, 0.5) is 0 Å². The molecule has 0 bridgehead atoms. The molecule has 4 nitrogen and oxygen atoms in total. The number of carbonyl (C=O) groups is 1. The smallest absolute Gasteiger partial charge is 0.257 e. The maximum Gasteiger partial charge on any atom is 0.257 e. The molecule has 0 aliphatic heterocycles. The van der Waals surface area contributed by atoms with E-state index in [0.717, 1.165) is 6.42 Å². The lowest BCUT2D eigenvalue weighted by Crippen LogP contribution is -2.34. The van der Waals surface area contributed by atoms with Gasteiger partial charge in [-0.05, 0) is 19.4 Å². The van der Waals surface area contributed by atoms with Gasteiger partial charge >= 0.3 is 0 Å². The SMILES string of the molecule is CCC(C)N(C)C(=O)c1cc(Cl)nnc1Cl. The van der Waals surface area contributed by atoms with Gasteiger partial charge in [0.15, 0.2) is 10.3 Å². The molecule has 0 saturated carbocycles. The van der Waals surface area contributed by atoms with Gasteiger partial charge in [-0.2, -0.15) is 0 Å². The predicted molar refractivity (Wildman–Crippen MR) is 63.9 cm³/mol. The van der Waals surface area contributed by atoms with Crippen LogP contribution in [0.1, 0.15) is 30.6 Å². The molecule has 1 amide bonds. The Hall–Kier alpha value is -0.870. The summed E-state index contributed by atoms with van der Waals surface area (Å²) in [5, 5.41) is 7.39. The standard InChI is InChI=1S/C10H13Cl2N3O/c1-4-6(2)15(3)10(16)7-5-8(11)13-14-9(7)12/h5-6H,4H2,1-3H3. The summed E-state index contributed by atoms with van der Waals surface area (Å²) >= 11 is 11.5. The minimum absolute atomic E-state index is 0.0737. The van der Waals surface area contributed by atoms with Gasteiger partial charge in [0.2, 0.25) is 0 Å². The van der Waals surface area contributed by atoms with Gasteiger partial charge in [-0.25, -0.2) is 0 Å². The van der Waals surface area contributed by atoms with Crippen molar-refractivity contribution in [3.8, 4) is 0 Å². The lowest BCUT2D eigenvalue weighted by atomic mass is 10.2. The fourth-order valence-electron chi connectivity index (χ4n) is 1.17. The monoisotopic (exact) mass is 261 g/mol. The van der Waals surface area contributed by atoms with E-state index < -0.39 is 0 Å². The van der Waals surface area contributed by atoms with Crippen LogP contribution in [0.2, 0.25) is 10.3 Å². The van der Waals surface area contributed by atoms with Crippen molar-refractivity contribution in [3.63, 3.8) is 0 Å². The average molecular weight is 262 g/mol. The Morgan fingerprint density at radius 1 is 1.50 bits per heavy atom. The molecule has 1 heterocycles. The second-order valence-electron chi connectivity index (χ2n) is 3.54. The largest absolute Gasteiger partial charge is 0.339 e. The van der Waals surface area contributed by atoms with Crippen molar-refractivity contribution < 1.29 is 4.79 Å². The van der Waals surface area contributed by atoms with Gasteiger partial charge in [-0.15, -0.1) is 10.2 Å². The molecule has 1 aromatic heterocycles. The number of aromatic nitrogens is 2. The summed E-state index contributed by atoms with van der Waals surface area (Å²) in [5.74, 6) is -0.198. The molecule has 88 valence electrons. The molecule has 1 atom stereocenters. The number of nitrogens with zero attached hydrogens (tertiary/aromatic N) is 3. The number of hydrogen-bond acceptors (Lipinski definition) is 3. The zero-order chi connectivity index (χ0) is 12.3. The normalized spacial score (nSPS) is 12.3. The fraction of sp³-hybridized carbons (Fsp3) is 0.500. The van der Waals surface area contributed by atoms with Crippen molar-refractivity contribution in [3.05, 3.63) is 21.9 Å². The van der Waals surface area contributed by atoms with Crippen molar-refractivity contribution in [2.45, 2.75) is 26.3 Å². The second-order valence-corrected chi connectivity index (χ2v) is 4.29. The van der Waals surface area contributed by atoms with Gasteiger partial charge < -0.3 is 4.90 Å². The van der Waals surface area contributed by atoms with Crippen LogP contribution >= 0.6 is 23.2 Å². The molecule has 0 aromatic carbocycles. The van der Waals surface area contributed by atoms with Gasteiger partial charge in [0, 0.05) is 13.1 Å². The molecule has 1 unspecified atom stereocenters. The third-order valence-corrected chi connectivity index (χ3v) is 2.99. The summed E-state index contributed by atoms with van der Waals surface area (Å²) in [7, 11) is 1.72. The number of hydrogen-bond donors (Lipinski definition) is 0. The van der Waals surface area contributed by atoms with Gasteiger partial charge in [0.05, 0.1) is 5.56 Å². The first-order chi connectivity index (χ1) is 7.47. The summed E-state index contributed by atoms with van der Waals surface area (Å²) in [6.45, 7) is 3.97. The van der Waals surface area contributed by atoms with Crippen LogP contribution in [0.25, 0.3) is 0 Å². The lowest BCUT2D eigenvalue weighted by molar-refractivity contribution is 0.0740. The van der Waals surface area contributed by atoms with Gasteiger partial charge in [-0.1, -0.05) is 30.1 Å². The minimum Gasteiger partial charge on any atom is -0.339 e. The molecular formula is C10H13Cl2N3O. The molecule has 1 rings (SSSR count). The lowest BCUT2D eigenvalue weighted by Gasteiger charge is -2.23. The van der Waals surface area contributed by atoms with Crippen LogP contribution in [0.3, 0.4) is 0 Å². The highest BCUT2D eigenvalue weighted by atomic mass is 35.5. The van der Waals surface area contributed by atoms with Gasteiger partial charge in [0.25, 0.3) is 5.91 Å². The minimum atomic E-state index is -0.198. The first-order valence-corrected chi connectivity index (χ1v) is 5.68. The van der Waals surface area contributed by atoms with Crippen LogP contribution in [0.5, 0.6) is 0 Å². The Balaban J connectivity index is 3.00. The van der Waals surface area contributed by atoms with Gasteiger partial charge in [0.1, 0.15) is 0 Å². The van der Waals surface area contributed by atoms with Crippen molar-refractivity contribution in [1.82, 2.24) is 15.1 Å². The van der Waals surface area contributed by atoms with Crippen molar-refractivity contribution in [2.24, 2.45) is 0 Å². The molecule has 16 heavy (non-hydrogen) atoms. The zero-order valence-corrected chi connectivity index (χ0v) is 10.9. The van der Waals surface area contributed by atoms with Crippen LogP contribution in [0.15, 0.2) is 6.07 Å². The quantitative estimate of drug-likeness (QED) is 0.841. The zero-order valence-electron chi connectivity index (χ0n) is 9.37. The van der Waals surface area contributed by atoms with E-state index in [-0.39, 0.29) is 27.8 Å². The molecule has 0 radical (unpaired) electrons. The van der Waals surface area contributed by atoms with E-state index in [1.807, 2.05) is 13.8 Å². The van der Waals surface area contributed by atoms with Crippen molar-refractivity contribution in [1.29, 1.82) is 0 Å². The third-order valence-electron chi connectivity index (χ3n) is 2.52. The molecule has 0 spiro atoms. The van der Waals surface area contributed by atoms with E-state index >= 15 is 0 Å². The van der Waals surface area contributed by atoms with Crippen LogP contribution < -0.4 is 0 Å². The van der Waals surface area contributed by atoms with E-state index in [2.05, 4.69) is 10.2 Å². The Kier molecular flexibility index (Phi) is 4.50. The number of carbonyl (C=O) groups excluding carboxylic acids is 1. The summed E-state index contributed by atoms with van der Waals surface area (Å²) in [4.78, 5) is 13.6. The van der Waals surface area contributed by atoms with E-state index in [0.29, 0.717) is 0 Å². The highest BCUT2D eigenvalue weighted by molar-refractivity contribution is 6.34. The van der Waals surface area contributed by atoms with Crippen LogP contribution in [-0.4, -0.2) is 34.1 Å². The van der Waals surface area contributed by atoms with Gasteiger partial charge in [-0.3, -0.25) is 4.79 Å². The molecular weight excluding hydrogens is 249 g/mol. The first kappa shape index (κ1) is 13.2.